The van der Waals surface area contributed by atoms with Crippen molar-refractivity contribution in [3.05, 3.63) is 89.6 Å². The summed E-state index contributed by atoms with van der Waals surface area (Å²) in [7, 11) is 1.56. The molecule has 2 heterocycles. The minimum atomic E-state index is -0.746. The lowest BCUT2D eigenvalue weighted by Gasteiger charge is -2.25. The first-order valence-corrected chi connectivity index (χ1v) is 12.3. The van der Waals surface area contributed by atoms with Crippen LogP contribution < -0.4 is 24.4 Å². The Balaban J connectivity index is 1.98. The maximum Gasteiger partial charge on any atom is 0.338 e. The van der Waals surface area contributed by atoms with Crippen molar-refractivity contribution in [1.82, 2.24) is 4.57 Å². The number of hydrogen-bond acceptors (Lipinski definition) is 7. The number of benzene rings is 2. The maximum absolute atomic E-state index is 13.7. The molecule has 0 amide bonds. The summed E-state index contributed by atoms with van der Waals surface area (Å²) in [4.78, 5) is 31.8. The number of halogens is 1. The number of carbonyl (C=O) groups is 1. The average molecular weight is 513 g/mol. The van der Waals surface area contributed by atoms with Crippen molar-refractivity contribution in [1.29, 1.82) is 0 Å². The van der Waals surface area contributed by atoms with E-state index in [2.05, 4.69) is 4.99 Å². The molecule has 0 saturated heterocycles. The highest BCUT2D eigenvalue weighted by molar-refractivity contribution is 7.07. The Kier molecular flexibility index (Phi) is 7.42. The van der Waals surface area contributed by atoms with Crippen molar-refractivity contribution in [3.63, 3.8) is 0 Å². The molecule has 0 spiro atoms. The van der Waals surface area contributed by atoms with E-state index in [0.29, 0.717) is 49.3 Å². The number of aromatic nitrogens is 1. The van der Waals surface area contributed by atoms with Crippen LogP contribution in [-0.2, 0) is 9.53 Å². The highest BCUT2D eigenvalue weighted by Crippen LogP contribution is 2.36. The van der Waals surface area contributed by atoms with E-state index in [0.717, 1.165) is 5.56 Å². The standard InChI is InChI=1S/C26H25ClN2O5S/c1-5-33-20-13-17(11-12-19(20)32-4)23-22(25(31)34-6-2)15(3)28-26-29(23)24(30)21(35-26)14-16-9-7-8-10-18(16)27/h7-14,23H,5-6H2,1-4H3/b21-14+/t23-/m1/s1. The highest BCUT2D eigenvalue weighted by atomic mass is 35.5. The van der Waals surface area contributed by atoms with Crippen LogP contribution in [0.4, 0.5) is 0 Å². The van der Waals surface area contributed by atoms with Crippen LogP contribution in [0.5, 0.6) is 11.5 Å². The summed E-state index contributed by atoms with van der Waals surface area (Å²) in [6, 6.07) is 11.9. The summed E-state index contributed by atoms with van der Waals surface area (Å²) in [5.41, 5.74) is 1.92. The van der Waals surface area contributed by atoms with Crippen LogP contribution >= 0.6 is 22.9 Å². The Morgan fingerprint density at radius 1 is 1.17 bits per heavy atom. The number of thiazole rings is 1. The lowest BCUT2D eigenvalue weighted by Crippen LogP contribution is -2.40. The molecule has 0 aliphatic carbocycles. The van der Waals surface area contributed by atoms with Gasteiger partial charge in [0.2, 0.25) is 0 Å². The Hall–Kier alpha value is -3.36. The molecular weight excluding hydrogens is 488 g/mol. The number of esters is 1. The van der Waals surface area contributed by atoms with Crippen molar-refractivity contribution in [3.8, 4) is 11.5 Å². The third-order valence-corrected chi connectivity index (χ3v) is 6.84. The normalized spacial score (nSPS) is 15.5. The fraction of sp³-hybridized carbons (Fsp3) is 0.269. The van der Waals surface area contributed by atoms with Gasteiger partial charge >= 0.3 is 5.97 Å². The van der Waals surface area contributed by atoms with Gasteiger partial charge in [0.15, 0.2) is 16.3 Å². The van der Waals surface area contributed by atoms with Crippen molar-refractivity contribution < 1.29 is 19.0 Å². The topological polar surface area (TPSA) is 79.1 Å². The number of methoxy groups -OCH3 is 1. The second-order valence-corrected chi connectivity index (χ2v) is 9.08. The van der Waals surface area contributed by atoms with Crippen LogP contribution in [0, 0.1) is 0 Å². The molecule has 2 aromatic carbocycles. The Morgan fingerprint density at radius 3 is 2.63 bits per heavy atom. The molecule has 0 bridgehead atoms. The fourth-order valence-electron chi connectivity index (χ4n) is 3.97. The lowest BCUT2D eigenvalue weighted by molar-refractivity contribution is -0.139. The number of carbonyl (C=O) groups excluding carboxylic acids is 1. The Morgan fingerprint density at radius 2 is 1.94 bits per heavy atom. The Bertz CT molecular complexity index is 1490. The average Bonchev–Trinajstić information content (AvgIpc) is 3.14. The minimum Gasteiger partial charge on any atom is -0.493 e. The fourth-order valence-corrected chi connectivity index (χ4v) is 5.20. The predicted molar refractivity (Wildman–Crippen MR) is 136 cm³/mol. The van der Waals surface area contributed by atoms with Gasteiger partial charge in [0.1, 0.15) is 0 Å². The summed E-state index contributed by atoms with van der Waals surface area (Å²) in [5.74, 6) is 0.552. The van der Waals surface area contributed by atoms with Gasteiger partial charge in [-0.2, -0.15) is 0 Å². The zero-order valence-corrected chi connectivity index (χ0v) is 21.4. The molecule has 182 valence electrons. The minimum absolute atomic E-state index is 0.200. The molecule has 1 aliphatic heterocycles. The van der Waals surface area contributed by atoms with Gasteiger partial charge in [-0.25, -0.2) is 9.79 Å². The van der Waals surface area contributed by atoms with Crippen LogP contribution in [0.25, 0.3) is 6.08 Å². The van der Waals surface area contributed by atoms with Gasteiger partial charge in [-0.3, -0.25) is 9.36 Å². The van der Waals surface area contributed by atoms with E-state index in [1.165, 1.54) is 15.9 Å². The zero-order chi connectivity index (χ0) is 25.1. The van der Waals surface area contributed by atoms with Gasteiger partial charge in [-0.15, -0.1) is 0 Å². The summed E-state index contributed by atoms with van der Waals surface area (Å²) in [5, 5.41) is 0.537. The first-order valence-electron chi connectivity index (χ1n) is 11.1. The molecule has 0 unspecified atom stereocenters. The van der Waals surface area contributed by atoms with E-state index in [9.17, 15) is 9.59 Å². The summed E-state index contributed by atoms with van der Waals surface area (Å²) >= 11 is 7.57. The van der Waals surface area contributed by atoms with Gasteiger partial charge < -0.3 is 14.2 Å². The molecule has 0 saturated carbocycles. The van der Waals surface area contributed by atoms with Crippen LogP contribution in [0.3, 0.4) is 0 Å². The van der Waals surface area contributed by atoms with Crippen molar-refractivity contribution in [2.24, 2.45) is 4.99 Å². The number of hydrogen-bond donors (Lipinski definition) is 0. The number of ether oxygens (including phenoxy) is 3. The predicted octanol–water partition coefficient (Wildman–Crippen LogP) is 3.86. The van der Waals surface area contributed by atoms with E-state index < -0.39 is 12.0 Å². The summed E-state index contributed by atoms with van der Waals surface area (Å²) in [6.07, 6.45) is 1.74. The van der Waals surface area contributed by atoms with Gasteiger partial charge in [0, 0.05) is 5.02 Å². The van der Waals surface area contributed by atoms with E-state index in [4.69, 9.17) is 25.8 Å². The third kappa shape index (κ3) is 4.76. The molecule has 9 heteroatoms. The molecule has 1 aromatic heterocycles. The molecule has 4 rings (SSSR count). The first-order chi connectivity index (χ1) is 16.9. The summed E-state index contributed by atoms with van der Waals surface area (Å²) in [6.45, 7) is 5.99. The van der Waals surface area contributed by atoms with Crippen molar-refractivity contribution in [2.75, 3.05) is 20.3 Å². The number of nitrogens with zero attached hydrogens (tertiary/aromatic N) is 2. The van der Waals surface area contributed by atoms with Crippen molar-refractivity contribution >= 4 is 35.0 Å². The van der Waals surface area contributed by atoms with Gasteiger partial charge in [-0.1, -0.05) is 47.2 Å². The largest absolute Gasteiger partial charge is 0.493 e. The number of allylic oxidation sites excluding steroid dienone is 1. The molecule has 0 radical (unpaired) electrons. The second-order valence-electron chi connectivity index (χ2n) is 7.67. The van der Waals surface area contributed by atoms with Gasteiger partial charge in [-0.05, 0) is 56.2 Å². The van der Waals surface area contributed by atoms with E-state index >= 15 is 0 Å². The number of fused-ring (bicyclic) bond motifs is 1. The van der Waals surface area contributed by atoms with Crippen LogP contribution in [0.2, 0.25) is 5.02 Å². The molecule has 3 aromatic rings. The van der Waals surface area contributed by atoms with Crippen LogP contribution in [0.1, 0.15) is 37.9 Å². The third-order valence-electron chi connectivity index (χ3n) is 5.51. The highest BCUT2D eigenvalue weighted by Gasteiger charge is 2.34. The maximum atomic E-state index is 13.7. The Labute approximate surface area is 211 Å². The molecule has 7 nitrogen and oxygen atoms in total. The van der Waals surface area contributed by atoms with Gasteiger partial charge in [0.05, 0.1) is 42.2 Å². The molecule has 1 aliphatic rings. The lowest BCUT2D eigenvalue weighted by atomic mass is 9.95. The molecule has 35 heavy (non-hydrogen) atoms. The van der Waals surface area contributed by atoms with Crippen LogP contribution in [-0.4, -0.2) is 30.9 Å². The van der Waals surface area contributed by atoms with E-state index in [1.54, 1.807) is 45.2 Å². The van der Waals surface area contributed by atoms with E-state index in [1.807, 2.05) is 31.2 Å². The monoisotopic (exact) mass is 512 g/mol. The molecule has 1 atom stereocenters. The van der Waals surface area contributed by atoms with Crippen molar-refractivity contribution in [2.45, 2.75) is 26.8 Å². The molecular formula is C26H25ClN2O5S. The number of rotatable bonds is 7. The molecule has 0 fully saturated rings. The summed E-state index contributed by atoms with van der Waals surface area (Å²) < 4.78 is 18.5. The van der Waals surface area contributed by atoms with E-state index in [-0.39, 0.29) is 12.2 Å². The first kappa shape index (κ1) is 24.8. The molecule has 0 N–H and O–H groups in total. The quantitative estimate of drug-likeness (QED) is 0.449. The smallest absolute Gasteiger partial charge is 0.338 e. The van der Waals surface area contributed by atoms with Crippen LogP contribution in [0.15, 0.2) is 63.5 Å². The van der Waals surface area contributed by atoms with Gasteiger partial charge in [0.25, 0.3) is 5.56 Å². The SMILES string of the molecule is CCOC(=O)C1=C(C)N=c2s/c(=C/c3ccccc3Cl)c(=O)n2[C@@H]1c1ccc(OC)c(OCC)c1. The second kappa shape index (κ2) is 10.5. The zero-order valence-electron chi connectivity index (χ0n) is 19.8.